The Morgan fingerprint density at radius 2 is 1.10 bits per heavy atom. The van der Waals surface area contributed by atoms with Gasteiger partial charge in [0.05, 0.1) is 52.9 Å². The number of ether oxygens (including phenoxy) is 4. The van der Waals surface area contributed by atoms with Gasteiger partial charge in [0, 0.05) is 26.1 Å². The second-order valence-corrected chi connectivity index (χ2v) is 28.4. The van der Waals surface area contributed by atoms with Crippen LogP contribution in [0.2, 0.25) is 36.3 Å². The Kier molecular flexibility index (Phi) is 24.5. The molecule has 3 amide bonds. The van der Waals surface area contributed by atoms with Crippen molar-refractivity contribution in [1.29, 1.82) is 0 Å². The molecule has 6 N–H and O–H groups in total. The van der Waals surface area contributed by atoms with Gasteiger partial charge in [-0.05, 0) is 83.3 Å². The van der Waals surface area contributed by atoms with Crippen molar-refractivity contribution in [1.82, 2.24) is 16.0 Å². The summed E-state index contributed by atoms with van der Waals surface area (Å²) in [6, 6.07) is 14.2. The summed E-state index contributed by atoms with van der Waals surface area (Å²) in [5.74, 6) is -1.94. The maximum absolute atomic E-state index is 12.5. The molecule has 2 rings (SSSR count). The molecular formula is C46H78N4O11Si2. The zero-order valence-corrected chi connectivity index (χ0v) is 41.7. The molecule has 0 radical (unpaired) electrons. The molecule has 0 saturated heterocycles. The van der Waals surface area contributed by atoms with Gasteiger partial charge in [-0.3, -0.25) is 19.2 Å². The second kappa shape index (κ2) is 27.7. The molecule has 0 aliphatic heterocycles. The van der Waals surface area contributed by atoms with E-state index in [1.807, 2.05) is 0 Å². The fourth-order valence-corrected chi connectivity index (χ4v) is 7.24. The summed E-state index contributed by atoms with van der Waals surface area (Å²) in [6.07, 6.45) is 1.62. The number of carboxylic acid groups (broad SMARTS) is 1. The molecule has 0 aromatic heterocycles. The van der Waals surface area contributed by atoms with Crippen LogP contribution in [0.5, 0.6) is 0 Å². The fourth-order valence-electron chi connectivity index (χ4n) is 5.33. The van der Waals surface area contributed by atoms with Crippen molar-refractivity contribution < 1.29 is 52.1 Å². The average molecular weight is 919 g/mol. The zero-order valence-electron chi connectivity index (χ0n) is 39.7. The van der Waals surface area contributed by atoms with Crippen LogP contribution in [0.3, 0.4) is 0 Å². The van der Waals surface area contributed by atoms with Crippen molar-refractivity contribution in [3.05, 3.63) is 59.2 Å². The molecule has 0 aliphatic carbocycles. The average Bonchev–Trinajstić information content (AvgIpc) is 3.21. The van der Waals surface area contributed by atoms with E-state index in [0.717, 1.165) is 24.0 Å². The Hall–Kier alpha value is -3.53. The molecule has 63 heavy (non-hydrogen) atoms. The van der Waals surface area contributed by atoms with E-state index in [2.05, 4.69) is 126 Å². The van der Waals surface area contributed by atoms with Crippen molar-refractivity contribution in [3.63, 3.8) is 0 Å². The Morgan fingerprint density at radius 3 is 1.62 bits per heavy atom. The van der Waals surface area contributed by atoms with Crippen LogP contribution in [0, 0.1) is 0 Å². The summed E-state index contributed by atoms with van der Waals surface area (Å²) in [6.45, 7) is 26.1. The number of amides is 3. The monoisotopic (exact) mass is 919 g/mol. The van der Waals surface area contributed by atoms with Gasteiger partial charge in [0.25, 0.3) is 0 Å². The van der Waals surface area contributed by atoms with E-state index in [-0.39, 0.29) is 100 Å². The van der Waals surface area contributed by atoms with E-state index >= 15 is 0 Å². The lowest BCUT2D eigenvalue weighted by Gasteiger charge is -2.36. The molecule has 15 nitrogen and oxygen atoms in total. The molecule has 0 aliphatic rings. The minimum atomic E-state index is -1.96. The number of rotatable bonds is 31. The maximum Gasteiger partial charge on any atom is 0.320 e. The highest BCUT2D eigenvalue weighted by Crippen LogP contribution is 2.38. The molecule has 1 unspecified atom stereocenters. The number of carbonyl (C=O) groups excluding carboxylic acids is 3. The summed E-state index contributed by atoms with van der Waals surface area (Å²) in [4.78, 5) is 46.8. The van der Waals surface area contributed by atoms with Crippen LogP contribution in [0.15, 0.2) is 42.5 Å². The Balaban J connectivity index is 1.67. The van der Waals surface area contributed by atoms with Gasteiger partial charge in [-0.25, -0.2) is 0 Å². The zero-order chi connectivity index (χ0) is 47.1. The van der Waals surface area contributed by atoms with Gasteiger partial charge in [-0.1, -0.05) is 84.0 Å². The van der Waals surface area contributed by atoms with Gasteiger partial charge in [0.1, 0.15) is 19.3 Å². The fraction of sp³-hybridized carbons (Fsp3) is 0.652. The van der Waals surface area contributed by atoms with Gasteiger partial charge in [0.2, 0.25) is 17.7 Å². The van der Waals surface area contributed by atoms with Crippen LogP contribution < -0.4 is 21.7 Å². The van der Waals surface area contributed by atoms with E-state index < -0.39 is 28.6 Å². The summed E-state index contributed by atoms with van der Waals surface area (Å²) in [7, 11) is -3.80. The maximum atomic E-state index is 12.5. The second-order valence-electron chi connectivity index (χ2n) is 18.7. The van der Waals surface area contributed by atoms with Gasteiger partial charge >= 0.3 is 5.97 Å². The van der Waals surface area contributed by atoms with E-state index in [9.17, 15) is 19.2 Å². The SMILES string of the molecule is CC(C)(C)[Si](C)(C)OCc1ccc(-c2ccc(CO[Si](C)(C)C(C)(C)C)c(CCCNC(=O)COCCOCCNC(=O)COCCOCCNC(=O)CCC(N)C(=O)O)c2)cc1. The molecular weight excluding hydrogens is 841 g/mol. The quantitative estimate of drug-likeness (QED) is 0.0441. The Bertz CT molecular complexity index is 1700. The summed E-state index contributed by atoms with van der Waals surface area (Å²) in [5, 5.41) is 17.3. The Labute approximate surface area is 378 Å². The topological polar surface area (TPSA) is 206 Å². The van der Waals surface area contributed by atoms with Gasteiger partial charge < -0.3 is 54.6 Å². The molecule has 356 valence electrons. The largest absolute Gasteiger partial charge is 0.480 e. The molecule has 2 aromatic carbocycles. The van der Waals surface area contributed by atoms with E-state index in [4.69, 9.17) is 38.6 Å². The molecule has 1 atom stereocenters. The lowest BCUT2D eigenvalue weighted by molar-refractivity contribution is -0.138. The van der Waals surface area contributed by atoms with Crippen molar-refractivity contribution in [2.24, 2.45) is 5.73 Å². The Morgan fingerprint density at radius 1 is 0.619 bits per heavy atom. The normalized spacial score (nSPS) is 12.8. The van der Waals surface area contributed by atoms with Gasteiger partial charge in [-0.2, -0.15) is 0 Å². The van der Waals surface area contributed by atoms with Crippen molar-refractivity contribution >= 4 is 40.3 Å². The highest BCUT2D eigenvalue weighted by molar-refractivity contribution is 6.74. The highest BCUT2D eigenvalue weighted by atomic mass is 28.4. The number of hydrogen-bond donors (Lipinski definition) is 5. The number of aryl methyl sites for hydroxylation is 1. The molecule has 2 aromatic rings. The first-order chi connectivity index (χ1) is 29.5. The number of nitrogens with two attached hydrogens (primary N) is 1. The molecule has 17 heteroatoms. The summed E-state index contributed by atoms with van der Waals surface area (Å²) >= 11 is 0. The predicted octanol–water partition coefficient (Wildman–Crippen LogP) is 5.94. The van der Waals surface area contributed by atoms with Crippen molar-refractivity contribution in [3.8, 4) is 11.1 Å². The number of aliphatic carboxylic acids is 1. The summed E-state index contributed by atoms with van der Waals surface area (Å²) < 4.78 is 34.7. The third-order valence-electron chi connectivity index (χ3n) is 11.6. The lowest BCUT2D eigenvalue weighted by atomic mass is 9.96. The lowest BCUT2D eigenvalue weighted by Crippen LogP contribution is -2.40. The predicted molar refractivity (Wildman–Crippen MR) is 251 cm³/mol. The first kappa shape index (κ1) is 55.6. The van der Waals surface area contributed by atoms with Crippen LogP contribution in [-0.4, -0.2) is 124 Å². The van der Waals surface area contributed by atoms with Crippen LogP contribution in [0.1, 0.15) is 77.5 Å². The van der Waals surface area contributed by atoms with Crippen LogP contribution in [0.4, 0.5) is 0 Å². The standard InChI is InChI=1S/C46H78N4O11Si2/c1-45(2,3)62(7,8)60-31-35-13-15-36(16-14-35)38-17-18-39(32-61-63(9,10)46(4,5)6)37(30-38)12-11-21-48-42(52)33-58-28-27-57-25-23-50-43(53)34-59-29-26-56-24-22-49-41(51)20-19-40(47)44(54)55/h13-18,30,40H,11-12,19-29,31-34,47H2,1-10H3,(H,48,52)(H,49,51)(H,50,53)(H,54,55). The molecule has 0 heterocycles. The van der Waals surface area contributed by atoms with Crippen LogP contribution in [-0.2, 0) is 66.6 Å². The highest BCUT2D eigenvalue weighted by Gasteiger charge is 2.38. The minimum Gasteiger partial charge on any atom is -0.480 e. The number of carbonyl (C=O) groups is 4. The first-order valence-electron chi connectivity index (χ1n) is 22.1. The minimum absolute atomic E-state index is 0.0186. The smallest absolute Gasteiger partial charge is 0.320 e. The van der Waals surface area contributed by atoms with E-state index in [1.165, 1.54) is 16.7 Å². The first-order valence-corrected chi connectivity index (χ1v) is 27.9. The number of carboxylic acids is 1. The molecule has 0 spiro atoms. The molecule has 0 saturated carbocycles. The number of benzene rings is 2. The number of nitrogens with one attached hydrogen (secondary N) is 3. The number of hydrogen-bond acceptors (Lipinski definition) is 11. The van der Waals surface area contributed by atoms with Crippen LogP contribution >= 0.6 is 0 Å². The van der Waals surface area contributed by atoms with E-state index in [1.54, 1.807) is 0 Å². The van der Waals surface area contributed by atoms with Gasteiger partial charge in [0.15, 0.2) is 16.6 Å². The van der Waals surface area contributed by atoms with Crippen molar-refractivity contribution in [2.75, 3.05) is 72.5 Å². The third-order valence-corrected chi connectivity index (χ3v) is 20.5. The third kappa shape index (κ3) is 22.3. The van der Waals surface area contributed by atoms with Crippen LogP contribution in [0.25, 0.3) is 11.1 Å². The molecule has 0 fully saturated rings. The molecule has 0 bridgehead atoms. The van der Waals surface area contributed by atoms with Crippen molar-refractivity contribution in [2.45, 2.75) is 123 Å². The van der Waals surface area contributed by atoms with Gasteiger partial charge in [-0.15, -0.1) is 0 Å². The summed E-state index contributed by atoms with van der Waals surface area (Å²) in [5.41, 5.74) is 11.2. The van der Waals surface area contributed by atoms with E-state index in [0.29, 0.717) is 26.3 Å².